The number of benzene rings is 2. The molecule has 0 fully saturated rings. The lowest BCUT2D eigenvalue weighted by Crippen LogP contribution is -2.33. The maximum atomic E-state index is 12.8. The van der Waals surface area contributed by atoms with Gasteiger partial charge in [0.2, 0.25) is 0 Å². The number of carbonyl (C=O) groups is 1. The van der Waals surface area contributed by atoms with Gasteiger partial charge < -0.3 is 10.1 Å². The highest BCUT2D eigenvalue weighted by atomic mass is 16.5. The van der Waals surface area contributed by atoms with Crippen molar-refractivity contribution in [1.29, 1.82) is 0 Å². The molecular weight excluding hydrogens is 310 g/mol. The number of carbonyl (C=O) groups excluding carboxylic acids is 1. The molecule has 1 amide bonds. The summed E-state index contributed by atoms with van der Waals surface area (Å²) in [5.74, 6) is 0.654. The number of rotatable bonds is 7. The van der Waals surface area contributed by atoms with Crippen molar-refractivity contribution in [3.05, 3.63) is 58.7 Å². The highest BCUT2D eigenvalue weighted by molar-refractivity contribution is 5.95. The Morgan fingerprint density at radius 1 is 1.00 bits per heavy atom. The Hall–Kier alpha value is -2.29. The van der Waals surface area contributed by atoms with Crippen molar-refractivity contribution < 1.29 is 9.53 Å². The van der Waals surface area contributed by atoms with Crippen LogP contribution in [0.2, 0.25) is 0 Å². The molecule has 0 unspecified atom stereocenters. The first kappa shape index (κ1) is 19.0. The predicted molar refractivity (Wildman–Crippen MR) is 104 cm³/mol. The first-order valence-electron chi connectivity index (χ1n) is 9.15. The maximum absolute atomic E-state index is 12.8. The second kappa shape index (κ2) is 8.70. The number of hydrogen-bond donors (Lipinski definition) is 1. The third-order valence-corrected chi connectivity index (χ3v) is 4.67. The summed E-state index contributed by atoms with van der Waals surface area (Å²) in [7, 11) is 0. The predicted octanol–water partition coefficient (Wildman–Crippen LogP) is 5.22. The van der Waals surface area contributed by atoms with Crippen LogP contribution in [0.15, 0.2) is 36.4 Å². The van der Waals surface area contributed by atoms with E-state index in [-0.39, 0.29) is 5.91 Å². The molecule has 2 aromatic carbocycles. The molecule has 0 heterocycles. The Morgan fingerprint density at radius 3 is 2.16 bits per heavy atom. The van der Waals surface area contributed by atoms with E-state index < -0.39 is 6.10 Å². The van der Waals surface area contributed by atoms with E-state index in [0.717, 1.165) is 41.0 Å². The summed E-state index contributed by atoms with van der Waals surface area (Å²) >= 11 is 0. The number of aryl methyl sites for hydroxylation is 4. The van der Waals surface area contributed by atoms with Crippen LogP contribution in [-0.2, 0) is 17.6 Å². The highest BCUT2D eigenvalue weighted by Gasteiger charge is 2.20. The number of ether oxygens (including phenoxy) is 1. The van der Waals surface area contributed by atoms with E-state index >= 15 is 0 Å². The minimum absolute atomic E-state index is 0.0867. The summed E-state index contributed by atoms with van der Waals surface area (Å²) in [6.07, 6.45) is 1.89. The molecule has 3 heteroatoms. The summed E-state index contributed by atoms with van der Waals surface area (Å²) in [6.45, 7) is 10.3. The Morgan fingerprint density at radius 2 is 1.64 bits per heavy atom. The summed E-state index contributed by atoms with van der Waals surface area (Å²) in [6, 6.07) is 12.1. The molecular formula is C22H29NO2. The lowest BCUT2D eigenvalue weighted by atomic mass is 10.0. The summed E-state index contributed by atoms with van der Waals surface area (Å²) in [4.78, 5) is 12.8. The standard InChI is InChI=1S/C22H29NO2/c1-6-17-10-9-11-18(7-2)21(17)23-22(24)20(8-3)25-19-13-12-15(4)16(5)14-19/h9-14,20H,6-8H2,1-5H3,(H,23,24)/t20-/m0/s1. The summed E-state index contributed by atoms with van der Waals surface area (Å²) in [5, 5.41) is 3.11. The number of amides is 1. The smallest absolute Gasteiger partial charge is 0.265 e. The van der Waals surface area contributed by atoms with Gasteiger partial charge in [0.1, 0.15) is 5.75 Å². The summed E-state index contributed by atoms with van der Waals surface area (Å²) in [5.41, 5.74) is 5.65. The van der Waals surface area contributed by atoms with Crippen molar-refractivity contribution in [3.63, 3.8) is 0 Å². The van der Waals surface area contributed by atoms with Crippen molar-refractivity contribution in [3.8, 4) is 5.75 Å². The van der Waals surface area contributed by atoms with E-state index in [1.165, 1.54) is 5.56 Å². The van der Waals surface area contributed by atoms with E-state index in [4.69, 9.17) is 4.74 Å². The molecule has 3 nitrogen and oxygen atoms in total. The van der Waals surface area contributed by atoms with Crippen molar-refractivity contribution in [2.75, 3.05) is 5.32 Å². The third kappa shape index (κ3) is 4.62. The zero-order valence-electron chi connectivity index (χ0n) is 16.0. The van der Waals surface area contributed by atoms with E-state index in [1.54, 1.807) is 0 Å². The average Bonchev–Trinajstić information content (AvgIpc) is 2.62. The van der Waals surface area contributed by atoms with E-state index in [1.807, 2.05) is 32.0 Å². The minimum atomic E-state index is -0.503. The fourth-order valence-corrected chi connectivity index (χ4v) is 2.88. The molecule has 0 aliphatic carbocycles. The van der Waals surface area contributed by atoms with Crippen molar-refractivity contribution in [2.45, 2.75) is 60.0 Å². The fourth-order valence-electron chi connectivity index (χ4n) is 2.88. The molecule has 0 bridgehead atoms. The average molecular weight is 339 g/mol. The Balaban J connectivity index is 2.19. The second-order valence-corrected chi connectivity index (χ2v) is 6.41. The molecule has 134 valence electrons. The van der Waals surface area contributed by atoms with Gasteiger partial charge in [0.15, 0.2) is 6.10 Å². The molecule has 0 saturated carbocycles. The van der Waals surface area contributed by atoms with Gasteiger partial charge in [0, 0.05) is 5.69 Å². The minimum Gasteiger partial charge on any atom is -0.481 e. The van der Waals surface area contributed by atoms with Gasteiger partial charge in [0.05, 0.1) is 0 Å². The fraction of sp³-hybridized carbons (Fsp3) is 0.409. The molecule has 2 aromatic rings. The molecule has 0 aromatic heterocycles. The maximum Gasteiger partial charge on any atom is 0.265 e. The quantitative estimate of drug-likeness (QED) is 0.750. The van der Waals surface area contributed by atoms with Crippen LogP contribution in [-0.4, -0.2) is 12.0 Å². The van der Waals surface area contributed by atoms with Gasteiger partial charge >= 0.3 is 0 Å². The van der Waals surface area contributed by atoms with E-state index in [9.17, 15) is 4.79 Å². The van der Waals surface area contributed by atoms with Gasteiger partial charge in [-0.05, 0) is 67.5 Å². The van der Waals surface area contributed by atoms with Gasteiger partial charge in [-0.25, -0.2) is 0 Å². The Kier molecular flexibility index (Phi) is 6.63. The molecule has 2 rings (SSSR count). The molecule has 1 N–H and O–H groups in total. The lowest BCUT2D eigenvalue weighted by molar-refractivity contribution is -0.122. The van der Waals surface area contributed by atoms with Gasteiger partial charge in [-0.15, -0.1) is 0 Å². The largest absolute Gasteiger partial charge is 0.481 e. The van der Waals surface area contributed by atoms with Crippen LogP contribution in [0.3, 0.4) is 0 Å². The topological polar surface area (TPSA) is 38.3 Å². The first-order chi connectivity index (χ1) is 12.0. The first-order valence-corrected chi connectivity index (χ1v) is 9.15. The Bertz CT molecular complexity index is 715. The number of anilines is 1. The Labute approximate surface area is 151 Å². The van der Waals surface area contributed by atoms with Crippen molar-refractivity contribution in [2.24, 2.45) is 0 Å². The zero-order valence-corrected chi connectivity index (χ0v) is 16.0. The van der Waals surface area contributed by atoms with Crippen LogP contribution in [0.1, 0.15) is 49.4 Å². The molecule has 0 radical (unpaired) electrons. The second-order valence-electron chi connectivity index (χ2n) is 6.41. The van der Waals surface area contributed by atoms with Crippen LogP contribution < -0.4 is 10.1 Å². The SMILES string of the molecule is CCc1cccc(CC)c1NC(=O)[C@H](CC)Oc1ccc(C)c(C)c1. The van der Waals surface area contributed by atoms with Gasteiger partial charge in [0.25, 0.3) is 5.91 Å². The van der Waals surface area contributed by atoms with Crippen LogP contribution in [0.4, 0.5) is 5.69 Å². The van der Waals surface area contributed by atoms with Crippen LogP contribution in [0.5, 0.6) is 5.75 Å². The normalized spacial score (nSPS) is 11.9. The van der Waals surface area contributed by atoms with Crippen LogP contribution in [0.25, 0.3) is 0 Å². The molecule has 25 heavy (non-hydrogen) atoms. The van der Waals surface area contributed by atoms with Crippen LogP contribution in [0, 0.1) is 13.8 Å². The highest BCUT2D eigenvalue weighted by Crippen LogP contribution is 2.24. The van der Waals surface area contributed by atoms with Crippen LogP contribution >= 0.6 is 0 Å². The van der Waals surface area contributed by atoms with Crippen molar-refractivity contribution >= 4 is 11.6 Å². The lowest BCUT2D eigenvalue weighted by Gasteiger charge is -2.20. The van der Waals surface area contributed by atoms with Gasteiger partial charge in [-0.2, -0.15) is 0 Å². The number of nitrogens with one attached hydrogen (secondary N) is 1. The number of hydrogen-bond acceptors (Lipinski definition) is 2. The summed E-state index contributed by atoms with van der Waals surface area (Å²) < 4.78 is 5.97. The third-order valence-electron chi connectivity index (χ3n) is 4.67. The molecule has 0 aliphatic heterocycles. The van der Waals surface area contributed by atoms with Gasteiger partial charge in [-0.3, -0.25) is 4.79 Å². The van der Waals surface area contributed by atoms with E-state index in [0.29, 0.717) is 6.42 Å². The van der Waals surface area contributed by atoms with Gasteiger partial charge in [-0.1, -0.05) is 45.0 Å². The molecule has 1 atom stereocenters. The number of para-hydroxylation sites is 1. The van der Waals surface area contributed by atoms with E-state index in [2.05, 4.69) is 44.3 Å². The molecule has 0 spiro atoms. The molecule has 0 aliphatic rings. The monoisotopic (exact) mass is 339 g/mol. The van der Waals surface area contributed by atoms with Crippen molar-refractivity contribution in [1.82, 2.24) is 0 Å². The zero-order chi connectivity index (χ0) is 18.4. The molecule has 0 saturated heterocycles.